The predicted molar refractivity (Wildman–Crippen MR) is 72.6 cm³/mol. The second-order valence-electron chi connectivity index (χ2n) is 3.50. The fourth-order valence-corrected chi connectivity index (χ4v) is 3.71. The van der Waals surface area contributed by atoms with Gasteiger partial charge in [0.2, 0.25) is 0 Å². The molecule has 1 atom stereocenters. The van der Waals surface area contributed by atoms with Gasteiger partial charge in [0.1, 0.15) is 0 Å². The van der Waals surface area contributed by atoms with Crippen LogP contribution >= 0.6 is 38.6 Å². The summed E-state index contributed by atoms with van der Waals surface area (Å²) in [5.74, 6) is 5.61. The molecule has 0 radical (unpaired) electrons. The number of hydrogen-bond donors (Lipinski definition) is 2. The molecule has 16 heavy (non-hydrogen) atoms. The number of nitrogens with zero attached hydrogens (tertiary/aromatic N) is 1. The first-order chi connectivity index (χ1) is 7.70. The lowest BCUT2D eigenvalue weighted by Gasteiger charge is -2.12. The van der Waals surface area contributed by atoms with Crippen molar-refractivity contribution in [3.8, 4) is 0 Å². The molecule has 6 heteroatoms. The highest BCUT2D eigenvalue weighted by atomic mass is 79.9. The third kappa shape index (κ3) is 2.70. The lowest BCUT2D eigenvalue weighted by molar-refractivity contribution is 0.564. The van der Waals surface area contributed by atoms with Crippen LogP contribution in [-0.4, -0.2) is 4.98 Å². The molecule has 0 aliphatic heterocycles. The van der Waals surface area contributed by atoms with Crippen LogP contribution in [0, 0.1) is 6.92 Å². The first-order valence-electron chi connectivity index (χ1n) is 4.80. The third-order valence-corrected chi connectivity index (χ3v) is 5.36. The lowest BCUT2D eigenvalue weighted by atomic mass is 10.1. The summed E-state index contributed by atoms with van der Waals surface area (Å²) in [6.07, 6.45) is 2.78. The minimum absolute atomic E-state index is 0.162. The van der Waals surface area contributed by atoms with E-state index in [0.717, 1.165) is 6.42 Å². The van der Waals surface area contributed by atoms with Crippen molar-refractivity contribution in [3.63, 3.8) is 0 Å². The normalized spacial score (nSPS) is 12.9. The molecule has 3 nitrogen and oxygen atoms in total. The Morgan fingerprint density at radius 1 is 1.62 bits per heavy atom. The van der Waals surface area contributed by atoms with Gasteiger partial charge in [-0.1, -0.05) is 0 Å². The molecular formula is C10H12BrN3S2. The van der Waals surface area contributed by atoms with Gasteiger partial charge in [-0.3, -0.25) is 16.3 Å². The number of nitrogens with one attached hydrogen (secondary N) is 1. The van der Waals surface area contributed by atoms with Gasteiger partial charge in [0.05, 0.1) is 15.3 Å². The summed E-state index contributed by atoms with van der Waals surface area (Å²) >= 11 is 6.92. The molecule has 2 rings (SSSR count). The van der Waals surface area contributed by atoms with Gasteiger partial charge in [-0.05, 0) is 34.5 Å². The van der Waals surface area contributed by atoms with Gasteiger partial charge in [0.15, 0.2) is 0 Å². The van der Waals surface area contributed by atoms with Crippen molar-refractivity contribution in [2.24, 2.45) is 5.84 Å². The number of thiophene rings is 1. The average Bonchev–Trinajstić information content (AvgIpc) is 2.86. The Bertz CT molecular complexity index is 433. The summed E-state index contributed by atoms with van der Waals surface area (Å²) < 4.78 is 1.17. The van der Waals surface area contributed by atoms with E-state index in [0.29, 0.717) is 0 Å². The summed E-state index contributed by atoms with van der Waals surface area (Å²) in [6, 6.07) is 2.33. The van der Waals surface area contributed by atoms with Crippen LogP contribution in [0.2, 0.25) is 0 Å². The van der Waals surface area contributed by atoms with Gasteiger partial charge >= 0.3 is 0 Å². The van der Waals surface area contributed by atoms with E-state index in [1.807, 2.05) is 11.7 Å². The van der Waals surface area contributed by atoms with Gasteiger partial charge in [-0.2, -0.15) is 0 Å². The Balaban J connectivity index is 2.16. The van der Waals surface area contributed by atoms with Crippen molar-refractivity contribution in [3.05, 3.63) is 36.9 Å². The fraction of sp³-hybridized carbons (Fsp3) is 0.300. The molecule has 0 amide bonds. The third-order valence-electron chi connectivity index (χ3n) is 2.31. The van der Waals surface area contributed by atoms with Crippen molar-refractivity contribution in [2.75, 3.05) is 0 Å². The van der Waals surface area contributed by atoms with Crippen molar-refractivity contribution in [1.29, 1.82) is 0 Å². The van der Waals surface area contributed by atoms with E-state index in [2.05, 4.69) is 39.3 Å². The van der Waals surface area contributed by atoms with Gasteiger partial charge in [-0.25, -0.2) is 0 Å². The maximum Gasteiger partial charge on any atom is 0.0794 e. The number of nitrogens with two attached hydrogens (primary N) is 1. The molecule has 2 aromatic heterocycles. The Morgan fingerprint density at radius 2 is 2.44 bits per heavy atom. The van der Waals surface area contributed by atoms with E-state index in [9.17, 15) is 0 Å². The molecule has 0 aliphatic carbocycles. The van der Waals surface area contributed by atoms with Gasteiger partial charge < -0.3 is 0 Å². The molecule has 2 heterocycles. The molecule has 2 aromatic rings. The Kier molecular flexibility index (Phi) is 4.10. The Morgan fingerprint density at radius 3 is 2.94 bits per heavy atom. The molecule has 0 saturated carbocycles. The number of halogens is 1. The van der Waals surface area contributed by atoms with E-state index in [1.165, 1.54) is 19.1 Å². The highest BCUT2D eigenvalue weighted by Gasteiger charge is 2.15. The summed E-state index contributed by atoms with van der Waals surface area (Å²) in [5, 5.41) is 0. The van der Waals surface area contributed by atoms with Crippen molar-refractivity contribution >= 4 is 38.6 Å². The molecule has 3 N–H and O–H groups in total. The number of hydrogen-bond acceptors (Lipinski definition) is 5. The summed E-state index contributed by atoms with van der Waals surface area (Å²) in [4.78, 5) is 6.56. The van der Waals surface area contributed by atoms with Crippen molar-refractivity contribution < 1.29 is 0 Å². The van der Waals surface area contributed by atoms with Crippen LogP contribution in [0.5, 0.6) is 0 Å². The van der Waals surface area contributed by atoms with Crippen LogP contribution in [0.25, 0.3) is 0 Å². The topological polar surface area (TPSA) is 50.9 Å². The van der Waals surface area contributed by atoms with E-state index in [1.54, 1.807) is 22.7 Å². The van der Waals surface area contributed by atoms with Crippen LogP contribution in [0.15, 0.2) is 21.6 Å². The molecular weight excluding hydrogens is 306 g/mol. The number of thiazole rings is 1. The molecule has 0 spiro atoms. The molecule has 0 aliphatic rings. The van der Waals surface area contributed by atoms with E-state index >= 15 is 0 Å². The van der Waals surface area contributed by atoms with Crippen LogP contribution in [0.1, 0.15) is 21.4 Å². The maximum atomic E-state index is 5.61. The monoisotopic (exact) mass is 317 g/mol. The van der Waals surface area contributed by atoms with E-state index in [4.69, 9.17) is 5.84 Å². The lowest BCUT2D eigenvalue weighted by Crippen LogP contribution is -2.28. The Hall–Kier alpha value is -0.270. The number of aryl methyl sites for hydroxylation is 1. The predicted octanol–water partition coefficient (Wildman–Crippen LogP) is 3.02. The molecule has 1 unspecified atom stereocenters. The number of rotatable bonds is 4. The first-order valence-corrected chi connectivity index (χ1v) is 7.29. The van der Waals surface area contributed by atoms with Crippen LogP contribution < -0.4 is 11.3 Å². The number of aromatic nitrogens is 1. The zero-order valence-electron chi connectivity index (χ0n) is 8.74. The van der Waals surface area contributed by atoms with Gasteiger partial charge in [-0.15, -0.1) is 22.7 Å². The summed E-state index contributed by atoms with van der Waals surface area (Å²) in [7, 11) is 0. The van der Waals surface area contributed by atoms with Crippen LogP contribution in [0.3, 0.4) is 0 Å². The highest BCUT2D eigenvalue weighted by molar-refractivity contribution is 9.11. The SMILES string of the molecule is Cc1cc(C(Cc2cncs2)NN)sc1Br. The van der Waals surface area contributed by atoms with Gasteiger partial charge in [0, 0.05) is 22.4 Å². The molecule has 0 fully saturated rings. The van der Waals surface area contributed by atoms with E-state index in [-0.39, 0.29) is 6.04 Å². The fourth-order valence-electron chi connectivity index (χ4n) is 1.44. The zero-order valence-corrected chi connectivity index (χ0v) is 12.0. The minimum atomic E-state index is 0.162. The highest BCUT2D eigenvalue weighted by Crippen LogP contribution is 2.32. The summed E-state index contributed by atoms with van der Waals surface area (Å²) in [5.41, 5.74) is 5.97. The summed E-state index contributed by atoms with van der Waals surface area (Å²) in [6.45, 7) is 2.09. The minimum Gasteiger partial charge on any atom is -0.271 e. The van der Waals surface area contributed by atoms with Crippen molar-refractivity contribution in [2.45, 2.75) is 19.4 Å². The molecule has 0 aromatic carbocycles. The second-order valence-corrected chi connectivity index (χ2v) is 6.87. The van der Waals surface area contributed by atoms with Crippen LogP contribution in [-0.2, 0) is 6.42 Å². The van der Waals surface area contributed by atoms with Gasteiger partial charge in [0.25, 0.3) is 0 Å². The zero-order chi connectivity index (χ0) is 11.5. The smallest absolute Gasteiger partial charge is 0.0794 e. The molecule has 0 bridgehead atoms. The Labute approximate surface area is 111 Å². The van der Waals surface area contributed by atoms with Crippen LogP contribution in [0.4, 0.5) is 0 Å². The maximum absolute atomic E-state index is 5.61. The second kappa shape index (κ2) is 5.37. The molecule has 0 saturated heterocycles. The first kappa shape index (κ1) is 12.2. The number of hydrazine groups is 1. The van der Waals surface area contributed by atoms with Crippen molar-refractivity contribution in [1.82, 2.24) is 10.4 Å². The average molecular weight is 318 g/mol. The standard InChI is InChI=1S/C10H12BrN3S2/c1-6-2-9(16-10(6)11)8(14-12)3-7-4-13-5-15-7/h2,4-5,8,14H,3,12H2,1H3. The quantitative estimate of drug-likeness (QED) is 0.673. The largest absolute Gasteiger partial charge is 0.271 e. The molecule has 86 valence electrons. The van der Waals surface area contributed by atoms with E-state index < -0.39 is 0 Å².